The molecule has 0 bridgehead atoms. The number of hydrogen-bond acceptors (Lipinski definition) is 2. The minimum absolute atomic E-state index is 0.125. The first-order chi connectivity index (χ1) is 9.65. The van der Waals surface area contributed by atoms with Crippen LogP contribution in [0.5, 0.6) is 0 Å². The Balaban J connectivity index is 1.65. The molecule has 110 valence electrons. The number of nitrogens with one attached hydrogen (secondary N) is 1. The van der Waals surface area contributed by atoms with Crippen LogP contribution in [0.3, 0.4) is 0 Å². The predicted molar refractivity (Wildman–Crippen MR) is 75.9 cm³/mol. The van der Waals surface area contributed by atoms with Gasteiger partial charge in [0.1, 0.15) is 0 Å². The summed E-state index contributed by atoms with van der Waals surface area (Å²) in [6.45, 7) is 2.31. The van der Waals surface area contributed by atoms with Gasteiger partial charge in [-0.2, -0.15) is 8.78 Å². The molecule has 1 saturated carbocycles. The van der Waals surface area contributed by atoms with E-state index in [1.165, 1.54) is 25.0 Å². The maximum atomic E-state index is 14.4. The molecular formula is C16H22F2N2. The van der Waals surface area contributed by atoms with E-state index in [2.05, 4.69) is 5.32 Å². The molecule has 1 N–H and O–H groups in total. The van der Waals surface area contributed by atoms with Crippen molar-refractivity contribution in [2.75, 3.05) is 26.2 Å². The largest absolute Gasteiger partial charge is 0.312 e. The van der Waals surface area contributed by atoms with Crippen LogP contribution in [-0.2, 0) is 5.92 Å². The molecular weight excluding hydrogens is 258 g/mol. The smallest absolute Gasteiger partial charge is 0.285 e. The van der Waals surface area contributed by atoms with Crippen LogP contribution >= 0.6 is 0 Å². The molecule has 2 fully saturated rings. The fourth-order valence-corrected chi connectivity index (χ4v) is 3.04. The number of rotatable bonds is 4. The summed E-state index contributed by atoms with van der Waals surface area (Å²) in [5.74, 6) is -2.05. The Morgan fingerprint density at radius 2 is 1.95 bits per heavy atom. The van der Waals surface area contributed by atoms with E-state index in [0.717, 1.165) is 26.1 Å². The lowest BCUT2D eigenvalue weighted by molar-refractivity contribution is -0.0384. The first-order valence-corrected chi connectivity index (χ1v) is 7.54. The highest BCUT2D eigenvalue weighted by Crippen LogP contribution is 2.34. The average molecular weight is 280 g/mol. The topological polar surface area (TPSA) is 15.3 Å². The Bertz CT molecular complexity index is 431. The summed E-state index contributed by atoms with van der Waals surface area (Å²) in [5.41, 5.74) is 0.125. The van der Waals surface area contributed by atoms with Crippen LogP contribution in [0.25, 0.3) is 0 Å². The molecule has 1 saturated heterocycles. The number of nitrogens with zero attached hydrogens (tertiary/aromatic N) is 1. The van der Waals surface area contributed by atoms with Gasteiger partial charge in [0.25, 0.3) is 5.92 Å². The van der Waals surface area contributed by atoms with Crippen molar-refractivity contribution in [2.45, 2.75) is 31.2 Å². The normalized spacial score (nSPS) is 25.4. The predicted octanol–water partition coefficient (Wildman–Crippen LogP) is 2.85. The molecule has 20 heavy (non-hydrogen) atoms. The molecule has 1 aromatic carbocycles. The van der Waals surface area contributed by atoms with Gasteiger partial charge in [0.05, 0.1) is 6.54 Å². The van der Waals surface area contributed by atoms with E-state index in [-0.39, 0.29) is 12.1 Å². The molecule has 1 heterocycles. The molecule has 3 rings (SSSR count). The Morgan fingerprint density at radius 3 is 2.65 bits per heavy atom. The van der Waals surface area contributed by atoms with E-state index in [9.17, 15) is 8.78 Å². The van der Waals surface area contributed by atoms with Crippen LogP contribution < -0.4 is 5.32 Å². The van der Waals surface area contributed by atoms with Crippen molar-refractivity contribution in [3.05, 3.63) is 35.9 Å². The maximum Gasteiger partial charge on any atom is 0.285 e. The Hall–Kier alpha value is -1.00. The maximum absolute atomic E-state index is 14.4. The summed E-state index contributed by atoms with van der Waals surface area (Å²) in [4.78, 5) is 1.94. The van der Waals surface area contributed by atoms with Gasteiger partial charge >= 0.3 is 0 Å². The van der Waals surface area contributed by atoms with Gasteiger partial charge in [-0.15, -0.1) is 0 Å². The summed E-state index contributed by atoms with van der Waals surface area (Å²) in [6.07, 6.45) is 3.45. The molecule has 1 unspecified atom stereocenters. The second-order valence-corrected chi connectivity index (χ2v) is 6.06. The van der Waals surface area contributed by atoms with Gasteiger partial charge < -0.3 is 5.32 Å². The average Bonchev–Trinajstić information content (AvgIpc) is 3.26. The summed E-state index contributed by atoms with van der Waals surface area (Å²) < 4.78 is 28.7. The van der Waals surface area contributed by atoms with Gasteiger partial charge in [-0.3, -0.25) is 4.90 Å². The van der Waals surface area contributed by atoms with Crippen LogP contribution in [0.2, 0.25) is 0 Å². The zero-order chi connectivity index (χ0) is 14.0. The second-order valence-electron chi connectivity index (χ2n) is 6.06. The summed E-state index contributed by atoms with van der Waals surface area (Å²) >= 11 is 0. The van der Waals surface area contributed by atoms with Gasteiger partial charge in [0, 0.05) is 18.2 Å². The van der Waals surface area contributed by atoms with E-state index in [1.54, 1.807) is 18.2 Å². The first-order valence-electron chi connectivity index (χ1n) is 7.54. The van der Waals surface area contributed by atoms with Crippen molar-refractivity contribution in [1.82, 2.24) is 10.2 Å². The lowest BCUT2D eigenvalue weighted by Gasteiger charge is -2.28. The van der Waals surface area contributed by atoms with Crippen molar-refractivity contribution in [1.29, 1.82) is 0 Å². The fraction of sp³-hybridized carbons (Fsp3) is 0.625. The monoisotopic (exact) mass is 280 g/mol. The summed E-state index contributed by atoms with van der Waals surface area (Å²) in [5, 5.41) is 3.51. The van der Waals surface area contributed by atoms with Crippen molar-refractivity contribution < 1.29 is 8.78 Å². The third-order valence-electron chi connectivity index (χ3n) is 4.32. The van der Waals surface area contributed by atoms with Crippen molar-refractivity contribution in [3.8, 4) is 0 Å². The number of alkyl halides is 2. The molecule has 0 spiro atoms. The minimum Gasteiger partial charge on any atom is -0.312 e. The van der Waals surface area contributed by atoms with Crippen LogP contribution in [-0.4, -0.2) is 37.1 Å². The Kier molecular flexibility index (Phi) is 4.03. The molecule has 0 amide bonds. The highest BCUT2D eigenvalue weighted by atomic mass is 19.3. The molecule has 1 aliphatic heterocycles. The van der Waals surface area contributed by atoms with Crippen LogP contribution in [0.4, 0.5) is 8.78 Å². The van der Waals surface area contributed by atoms with Gasteiger partial charge in [0.2, 0.25) is 0 Å². The quantitative estimate of drug-likeness (QED) is 0.912. The van der Waals surface area contributed by atoms with E-state index in [1.807, 2.05) is 4.90 Å². The SMILES string of the molecule is FC(F)(CN1CCCNC(C2CC2)C1)c1ccccc1. The van der Waals surface area contributed by atoms with Crippen LogP contribution in [0.1, 0.15) is 24.8 Å². The third-order valence-corrected chi connectivity index (χ3v) is 4.32. The molecule has 1 aliphatic carbocycles. The molecule has 2 nitrogen and oxygen atoms in total. The van der Waals surface area contributed by atoms with Crippen LogP contribution in [0, 0.1) is 5.92 Å². The molecule has 0 radical (unpaired) electrons. The Morgan fingerprint density at radius 1 is 1.20 bits per heavy atom. The summed E-state index contributed by atoms with van der Waals surface area (Å²) in [7, 11) is 0. The number of benzene rings is 1. The van der Waals surface area contributed by atoms with Crippen LogP contribution in [0.15, 0.2) is 30.3 Å². The zero-order valence-corrected chi connectivity index (χ0v) is 11.7. The van der Waals surface area contributed by atoms with Gasteiger partial charge in [-0.25, -0.2) is 0 Å². The molecule has 0 aromatic heterocycles. The standard InChI is InChI=1S/C16H22F2N2/c17-16(18,14-5-2-1-3-6-14)12-20-10-4-9-19-15(11-20)13-7-8-13/h1-3,5-6,13,15,19H,4,7-12H2. The fourth-order valence-electron chi connectivity index (χ4n) is 3.04. The van der Waals surface area contributed by atoms with Gasteiger partial charge in [-0.05, 0) is 38.3 Å². The molecule has 4 heteroatoms. The zero-order valence-electron chi connectivity index (χ0n) is 11.7. The van der Waals surface area contributed by atoms with Gasteiger partial charge in [-0.1, -0.05) is 30.3 Å². The Labute approximate surface area is 119 Å². The highest BCUT2D eigenvalue weighted by molar-refractivity contribution is 5.20. The molecule has 1 aromatic rings. The van der Waals surface area contributed by atoms with Crippen molar-refractivity contribution in [3.63, 3.8) is 0 Å². The highest BCUT2D eigenvalue weighted by Gasteiger charge is 2.37. The van der Waals surface area contributed by atoms with Gasteiger partial charge in [0.15, 0.2) is 0 Å². The van der Waals surface area contributed by atoms with Crippen molar-refractivity contribution >= 4 is 0 Å². The molecule has 2 aliphatic rings. The van der Waals surface area contributed by atoms with E-state index >= 15 is 0 Å². The number of hydrogen-bond donors (Lipinski definition) is 1. The summed E-state index contributed by atoms with van der Waals surface area (Å²) in [6, 6.07) is 8.59. The lowest BCUT2D eigenvalue weighted by Crippen LogP contribution is -2.43. The lowest BCUT2D eigenvalue weighted by atomic mass is 10.1. The van der Waals surface area contributed by atoms with E-state index in [4.69, 9.17) is 0 Å². The number of halogens is 2. The minimum atomic E-state index is -2.76. The third kappa shape index (κ3) is 3.36. The van der Waals surface area contributed by atoms with Crippen molar-refractivity contribution in [2.24, 2.45) is 5.92 Å². The first kappa shape index (κ1) is 14.0. The van der Waals surface area contributed by atoms with E-state index in [0.29, 0.717) is 12.0 Å². The van der Waals surface area contributed by atoms with E-state index < -0.39 is 5.92 Å². The second kappa shape index (κ2) is 5.78. The molecule has 1 atom stereocenters.